The summed E-state index contributed by atoms with van der Waals surface area (Å²) in [6.07, 6.45) is 10.5. The van der Waals surface area contributed by atoms with E-state index >= 15 is 0 Å². The molecule has 2 aromatic rings. The Bertz CT molecular complexity index is 1040. The number of rotatable bonds is 7. The summed E-state index contributed by atoms with van der Waals surface area (Å²) in [6, 6.07) is 11.4. The van der Waals surface area contributed by atoms with Gasteiger partial charge < -0.3 is 4.90 Å². The van der Waals surface area contributed by atoms with Gasteiger partial charge in [0.25, 0.3) is 5.91 Å². The van der Waals surface area contributed by atoms with E-state index in [0.29, 0.717) is 25.3 Å². The summed E-state index contributed by atoms with van der Waals surface area (Å²) >= 11 is 0. The molecule has 2 heterocycles. The summed E-state index contributed by atoms with van der Waals surface area (Å²) in [5, 5.41) is 1.98. The molecule has 1 aliphatic heterocycles. The molecule has 1 amide bonds. The first kappa shape index (κ1) is 34.0. The van der Waals surface area contributed by atoms with E-state index in [1.54, 1.807) is 6.20 Å². The third-order valence-electron chi connectivity index (χ3n) is 6.27. The van der Waals surface area contributed by atoms with E-state index < -0.39 is 0 Å². The molecule has 1 aromatic heterocycles. The Morgan fingerprint density at radius 2 is 1.65 bits per heavy atom. The molecule has 0 aliphatic carbocycles. The minimum atomic E-state index is 0.0755. The molecule has 0 saturated carbocycles. The molecule has 2 unspecified atom stereocenters. The second-order valence-electron chi connectivity index (χ2n) is 8.17. The number of Topliss-reactive ketones (excluding diaryl/α,β-unsaturated/α-hetero) is 1. The van der Waals surface area contributed by atoms with Gasteiger partial charge in [-0.3, -0.25) is 14.6 Å². The molecule has 0 bridgehead atoms. The van der Waals surface area contributed by atoms with Crippen LogP contribution in [0.1, 0.15) is 90.6 Å². The van der Waals surface area contributed by atoms with Gasteiger partial charge in [0, 0.05) is 37.7 Å². The zero-order chi connectivity index (χ0) is 28.2. The van der Waals surface area contributed by atoms with Crippen molar-refractivity contribution in [3.63, 3.8) is 0 Å². The van der Waals surface area contributed by atoms with Crippen molar-refractivity contribution in [1.82, 2.24) is 9.88 Å². The summed E-state index contributed by atoms with van der Waals surface area (Å²) in [7, 11) is 0. The standard InChI is InChI=1S/C27H32N2O2.3C2H6/c1-4-20-19-29(27(31)22-10-8-7-9-11-22)17-15-21(20)12-13-24(30)18-23-14-16-28-26(6-3)25(23)5-2;3*1-2/h4-11,14,16,20-21H,1,12-13,15,17-19H2,2-3H3;3*1-2H3/b25-5-,26-6+;;;. The van der Waals surface area contributed by atoms with E-state index in [0.717, 1.165) is 41.1 Å². The topological polar surface area (TPSA) is 50.3 Å². The monoisotopic (exact) mass is 506 g/mol. The SMILES string of the molecule is C=CC1CN(C(=O)c2ccccc2)CCC1CCC(=O)Cc1ccnc(=C/C)/c1=C\C.CC.CC.CC. The average Bonchev–Trinajstić information content (AvgIpc) is 2.99. The quantitative estimate of drug-likeness (QED) is 0.397. The van der Waals surface area contributed by atoms with Crippen LogP contribution >= 0.6 is 0 Å². The van der Waals surface area contributed by atoms with Crippen molar-refractivity contribution in [2.24, 2.45) is 11.8 Å². The minimum absolute atomic E-state index is 0.0755. The highest BCUT2D eigenvalue weighted by Gasteiger charge is 2.30. The van der Waals surface area contributed by atoms with E-state index in [-0.39, 0.29) is 17.6 Å². The van der Waals surface area contributed by atoms with Crippen LogP contribution in [0.2, 0.25) is 0 Å². The number of hydrogen-bond acceptors (Lipinski definition) is 3. The molecule has 1 aliphatic rings. The molecule has 0 spiro atoms. The Labute approximate surface area is 226 Å². The van der Waals surface area contributed by atoms with Gasteiger partial charge in [0.15, 0.2) is 0 Å². The van der Waals surface area contributed by atoms with Crippen LogP contribution in [0.25, 0.3) is 12.2 Å². The molecule has 3 rings (SSSR count). The number of ketones is 1. The van der Waals surface area contributed by atoms with Crippen molar-refractivity contribution < 1.29 is 9.59 Å². The highest BCUT2D eigenvalue weighted by molar-refractivity contribution is 5.94. The predicted octanol–water partition coefficient (Wildman–Crippen LogP) is 6.62. The van der Waals surface area contributed by atoms with Crippen LogP contribution in [0.15, 0.2) is 55.3 Å². The van der Waals surface area contributed by atoms with Gasteiger partial charge in [0.05, 0.1) is 5.35 Å². The minimum Gasteiger partial charge on any atom is -0.338 e. The summed E-state index contributed by atoms with van der Waals surface area (Å²) in [6.45, 7) is 21.3. The number of pyridine rings is 1. The lowest BCUT2D eigenvalue weighted by Gasteiger charge is -2.37. The molecule has 0 N–H and O–H groups in total. The molecule has 204 valence electrons. The van der Waals surface area contributed by atoms with Gasteiger partial charge in [-0.15, -0.1) is 6.58 Å². The van der Waals surface area contributed by atoms with Crippen LogP contribution in [-0.4, -0.2) is 34.7 Å². The Morgan fingerprint density at radius 3 is 2.22 bits per heavy atom. The maximum atomic E-state index is 12.8. The van der Waals surface area contributed by atoms with Gasteiger partial charge in [-0.25, -0.2) is 0 Å². The fraction of sp³-hybridized carbons (Fsp3) is 0.485. The highest BCUT2D eigenvalue weighted by atomic mass is 16.2. The molecule has 1 fully saturated rings. The van der Waals surface area contributed by atoms with Gasteiger partial charge in [-0.1, -0.05) is 78.0 Å². The average molecular weight is 507 g/mol. The fourth-order valence-electron chi connectivity index (χ4n) is 4.50. The third kappa shape index (κ3) is 10.5. The summed E-state index contributed by atoms with van der Waals surface area (Å²) in [4.78, 5) is 31.8. The number of aromatic nitrogens is 1. The van der Waals surface area contributed by atoms with E-state index in [1.807, 2.05) is 115 Å². The lowest BCUT2D eigenvalue weighted by atomic mass is 9.81. The smallest absolute Gasteiger partial charge is 0.253 e. The maximum absolute atomic E-state index is 12.8. The molecular formula is C33H50N2O2. The van der Waals surface area contributed by atoms with Crippen molar-refractivity contribution in [2.45, 2.75) is 81.1 Å². The zero-order valence-corrected chi connectivity index (χ0v) is 24.6. The number of carbonyl (C=O) groups is 2. The Morgan fingerprint density at radius 1 is 1.00 bits per heavy atom. The molecule has 1 saturated heterocycles. The normalized spacial score (nSPS) is 17.2. The van der Waals surface area contributed by atoms with E-state index in [1.165, 1.54) is 0 Å². The van der Waals surface area contributed by atoms with Crippen LogP contribution in [0.3, 0.4) is 0 Å². The first-order chi connectivity index (χ1) is 18.1. The predicted molar refractivity (Wildman–Crippen MR) is 160 cm³/mol. The van der Waals surface area contributed by atoms with Crippen molar-refractivity contribution >= 4 is 23.8 Å². The maximum Gasteiger partial charge on any atom is 0.253 e. The molecule has 4 nitrogen and oxygen atoms in total. The molecular weight excluding hydrogens is 456 g/mol. The number of benzene rings is 1. The van der Waals surface area contributed by atoms with Gasteiger partial charge in [-0.2, -0.15) is 0 Å². The zero-order valence-electron chi connectivity index (χ0n) is 24.6. The Kier molecular flexibility index (Phi) is 18.5. The highest BCUT2D eigenvalue weighted by Crippen LogP contribution is 2.29. The lowest BCUT2D eigenvalue weighted by Crippen LogP contribution is -2.43. The second-order valence-corrected chi connectivity index (χ2v) is 8.17. The molecule has 1 aromatic carbocycles. The Balaban J connectivity index is 0.00000201. The number of carbonyl (C=O) groups excluding carboxylic acids is 2. The molecule has 4 heteroatoms. The van der Waals surface area contributed by atoms with E-state index in [4.69, 9.17) is 0 Å². The molecule has 37 heavy (non-hydrogen) atoms. The second kappa shape index (κ2) is 20.1. The van der Waals surface area contributed by atoms with Gasteiger partial charge in [0.2, 0.25) is 0 Å². The summed E-state index contributed by atoms with van der Waals surface area (Å²) in [5.41, 5.74) is 1.77. The van der Waals surface area contributed by atoms with Gasteiger partial charge in [0.1, 0.15) is 5.78 Å². The van der Waals surface area contributed by atoms with Crippen LogP contribution in [0.5, 0.6) is 0 Å². The first-order valence-electron chi connectivity index (χ1n) is 14.1. The fourth-order valence-corrected chi connectivity index (χ4v) is 4.50. The van der Waals surface area contributed by atoms with Gasteiger partial charge in [-0.05, 0) is 67.5 Å². The number of nitrogens with zero attached hydrogens (tertiary/aromatic N) is 2. The number of likely N-dealkylation sites (tertiary alicyclic amines) is 1. The summed E-state index contributed by atoms with van der Waals surface area (Å²) < 4.78 is 0. The Hall–Kier alpha value is -3.01. The van der Waals surface area contributed by atoms with Crippen LogP contribution in [0.4, 0.5) is 0 Å². The molecule has 0 radical (unpaired) electrons. The summed E-state index contributed by atoms with van der Waals surface area (Å²) in [5.74, 6) is 0.930. The van der Waals surface area contributed by atoms with Crippen LogP contribution in [0, 0.1) is 11.8 Å². The van der Waals surface area contributed by atoms with E-state index in [2.05, 4.69) is 11.6 Å². The van der Waals surface area contributed by atoms with Crippen molar-refractivity contribution in [1.29, 1.82) is 0 Å². The van der Waals surface area contributed by atoms with Crippen LogP contribution in [-0.2, 0) is 11.2 Å². The number of amides is 1. The largest absolute Gasteiger partial charge is 0.338 e. The number of piperidine rings is 1. The van der Waals surface area contributed by atoms with Crippen LogP contribution < -0.4 is 10.6 Å². The third-order valence-corrected chi connectivity index (χ3v) is 6.27. The first-order valence-corrected chi connectivity index (χ1v) is 14.1. The van der Waals surface area contributed by atoms with Gasteiger partial charge >= 0.3 is 0 Å². The lowest BCUT2D eigenvalue weighted by molar-refractivity contribution is -0.118. The van der Waals surface area contributed by atoms with Crippen molar-refractivity contribution in [3.8, 4) is 0 Å². The van der Waals surface area contributed by atoms with Crippen molar-refractivity contribution in [2.75, 3.05) is 13.1 Å². The van der Waals surface area contributed by atoms with E-state index in [9.17, 15) is 9.59 Å². The molecule has 2 atom stereocenters. The number of hydrogen-bond donors (Lipinski definition) is 0. The van der Waals surface area contributed by atoms with Crippen molar-refractivity contribution in [3.05, 3.63) is 76.9 Å².